The molecule has 0 aliphatic rings. The Morgan fingerprint density at radius 3 is 2.73 bits per heavy atom. The molecular weight excluding hydrogens is 344 g/mol. The number of aryl methyl sites for hydroxylation is 1. The van der Waals surface area contributed by atoms with Gasteiger partial charge in [-0.05, 0) is 25.5 Å². The van der Waals surface area contributed by atoms with Crippen LogP contribution in [-0.4, -0.2) is 27.3 Å². The molecule has 0 bridgehead atoms. The van der Waals surface area contributed by atoms with Crippen molar-refractivity contribution in [3.63, 3.8) is 0 Å². The van der Waals surface area contributed by atoms with Gasteiger partial charge in [0.15, 0.2) is 5.96 Å². The average molecular weight is 369 g/mol. The van der Waals surface area contributed by atoms with E-state index in [1.165, 1.54) is 4.88 Å². The first-order chi connectivity index (χ1) is 12.8. The highest BCUT2D eigenvalue weighted by atomic mass is 32.1. The molecule has 2 aromatic heterocycles. The zero-order chi connectivity index (χ0) is 18.2. The third-order valence-corrected chi connectivity index (χ3v) is 4.92. The molecule has 0 aliphatic carbocycles. The van der Waals surface area contributed by atoms with Crippen LogP contribution in [0.2, 0.25) is 0 Å². The summed E-state index contributed by atoms with van der Waals surface area (Å²) in [7, 11) is 0. The van der Waals surface area contributed by atoms with Gasteiger partial charge in [0.25, 0.3) is 0 Å². The van der Waals surface area contributed by atoms with E-state index in [9.17, 15) is 0 Å². The first-order valence-corrected chi connectivity index (χ1v) is 9.65. The number of aromatic nitrogens is 3. The molecule has 3 rings (SSSR count). The van der Waals surface area contributed by atoms with E-state index in [1.807, 2.05) is 53.6 Å². The van der Waals surface area contributed by atoms with Crippen LogP contribution < -0.4 is 10.6 Å². The Bertz CT molecular complexity index is 837. The highest BCUT2D eigenvalue weighted by Gasteiger charge is 2.04. The average Bonchev–Trinajstić information content (AvgIpc) is 3.34. The van der Waals surface area contributed by atoms with Crippen molar-refractivity contribution in [1.82, 2.24) is 25.4 Å². The molecule has 0 saturated carbocycles. The third kappa shape index (κ3) is 4.92. The number of benzene rings is 1. The molecule has 2 heterocycles. The number of para-hydroxylation sites is 1. The number of nitrogens with zero attached hydrogens (tertiary/aromatic N) is 4. The summed E-state index contributed by atoms with van der Waals surface area (Å²) >= 11 is 1.74. The topological polar surface area (TPSA) is 67.1 Å². The first kappa shape index (κ1) is 18.1. The quantitative estimate of drug-likeness (QED) is 0.497. The maximum atomic E-state index is 4.65. The number of guanidine groups is 1. The Kier molecular flexibility index (Phi) is 6.38. The SMILES string of the molecule is CCNC(=NCc1cnn(-c2ccccc2)c1)NCc1ncc(CC)s1. The minimum Gasteiger partial charge on any atom is -0.357 e. The lowest BCUT2D eigenvalue weighted by Crippen LogP contribution is -2.36. The molecule has 26 heavy (non-hydrogen) atoms. The van der Waals surface area contributed by atoms with Crippen molar-refractivity contribution in [3.05, 3.63) is 64.4 Å². The number of nitrogens with one attached hydrogen (secondary N) is 2. The summed E-state index contributed by atoms with van der Waals surface area (Å²) in [5, 5.41) is 12.1. The summed E-state index contributed by atoms with van der Waals surface area (Å²) in [6.07, 6.45) is 6.84. The predicted octanol–water partition coefficient (Wildman–Crippen LogP) is 3.15. The standard InChI is InChI=1S/C19H24N6S/c1-3-17-12-21-18(26-17)13-23-19(20-4-2)22-10-15-11-24-25(14-15)16-8-6-5-7-9-16/h5-9,11-12,14H,3-4,10,13H2,1-2H3,(H2,20,22,23). The van der Waals surface area contributed by atoms with Gasteiger partial charge in [-0.3, -0.25) is 0 Å². The van der Waals surface area contributed by atoms with Gasteiger partial charge in [0.05, 0.1) is 25.0 Å². The fourth-order valence-electron chi connectivity index (χ4n) is 2.43. The Hall–Kier alpha value is -2.67. The third-order valence-electron chi connectivity index (χ3n) is 3.78. The minimum atomic E-state index is 0.570. The lowest BCUT2D eigenvalue weighted by molar-refractivity contribution is 0.811. The highest BCUT2D eigenvalue weighted by molar-refractivity contribution is 7.11. The number of hydrogen-bond acceptors (Lipinski definition) is 4. The minimum absolute atomic E-state index is 0.570. The number of rotatable bonds is 7. The van der Waals surface area contributed by atoms with Crippen molar-refractivity contribution >= 4 is 17.3 Å². The second kappa shape index (κ2) is 9.15. The van der Waals surface area contributed by atoms with Crippen LogP contribution in [0.25, 0.3) is 5.69 Å². The van der Waals surface area contributed by atoms with Crippen LogP contribution in [0.4, 0.5) is 0 Å². The Balaban J connectivity index is 1.61. The summed E-state index contributed by atoms with van der Waals surface area (Å²) in [5.74, 6) is 0.785. The van der Waals surface area contributed by atoms with Gasteiger partial charge in [0.1, 0.15) is 5.01 Å². The van der Waals surface area contributed by atoms with Crippen molar-refractivity contribution in [2.45, 2.75) is 33.4 Å². The van der Waals surface area contributed by atoms with Crippen molar-refractivity contribution in [2.24, 2.45) is 4.99 Å². The van der Waals surface area contributed by atoms with Crippen molar-refractivity contribution < 1.29 is 0 Å². The lowest BCUT2D eigenvalue weighted by atomic mass is 10.3. The molecule has 3 aromatic rings. The normalized spacial score (nSPS) is 11.5. The van der Waals surface area contributed by atoms with Gasteiger partial charge in [-0.2, -0.15) is 5.10 Å². The predicted molar refractivity (Wildman–Crippen MR) is 107 cm³/mol. The molecular formula is C19H24N6S. The Morgan fingerprint density at radius 1 is 1.15 bits per heavy atom. The van der Waals surface area contributed by atoms with Crippen LogP contribution in [0.1, 0.15) is 29.3 Å². The lowest BCUT2D eigenvalue weighted by Gasteiger charge is -2.09. The molecule has 0 atom stereocenters. The maximum absolute atomic E-state index is 4.65. The summed E-state index contributed by atoms with van der Waals surface area (Å²) in [5.41, 5.74) is 2.11. The zero-order valence-corrected chi connectivity index (χ0v) is 16.0. The smallest absolute Gasteiger partial charge is 0.191 e. The highest BCUT2D eigenvalue weighted by Crippen LogP contribution is 2.13. The molecule has 2 N–H and O–H groups in total. The van der Waals surface area contributed by atoms with E-state index in [4.69, 9.17) is 0 Å². The van der Waals surface area contributed by atoms with Crippen LogP contribution in [0, 0.1) is 0 Å². The first-order valence-electron chi connectivity index (χ1n) is 8.83. The molecule has 0 fully saturated rings. The van der Waals surface area contributed by atoms with Gasteiger partial charge in [0, 0.05) is 29.4 Å². The van der Waals surface area contributed by atoms with E-state index in [1.54, 1.807) is 11.3 Å². The van der Waals surface area contributed by atoms with Crippen molar-refractivity contribution in [1.29, 1.82) is 0 Å². The van der Waals surface area contributed by atoms with E-state index in [0.29, 0.717) is 13.1 Å². The van der Waals surface area contributed by atoms with Crippen LogP contribution in [-0.2, 0) is 19.5 Å². The molecule has 0 unspecified atom stereocenters. The van der Waals surface area contributed by atoms with Gasteiger partial charge in [-0.15, -0.1) is 11.3 Å². The Morgan fingerprint density at radius 2 is 2.00 bits per heavy atom. The van der Waals surface area contributed by atoms with Gasteiger partial charge in [0.2, 0.25) is 0 Å². The summed E-state index contributed by atoms with van der Waals surface area (Å²) < 4.78 is 1.87. The molecule has 1 aromatic carbocycles. The molecule has 0 aliphatic heterocycles. The largest absolute Gasteiger partial charge is 0.357 e. The molecule has 0 radical (unpaired) electrons. The molecule has 7 heteroatoms. The number of thiazole rings is 1. The monoisotopic (exact) mass is 368 g/mol. The van der Waals surface area contributed by atoms with E-state index >= 15 is 0 Å². The fourth-order valence-corrected chi connectivity index (χ4v) is 3.23. The summed E-state index contributed by atoms with van der Waals surface area (Å²) in [6, 6.07) is 10.1. The number of aliphatic imine (C=N–C) groups is 1. The molecule has 6 nitrogen and oxygen atoms in total. The maximum Gasteiger partial charge on any atom is 0.191 e. The molecule has 0 spiro atoms. The van der Waals surface area contributed by atoms with E-state index in [-0.39, 0.29) is 0 Å². The fraction of sp³-hybridized carbons (Fsp3) is 0.316. The van der Waals surface area contributed by atoms with Gasteiger partial charge < -0.3 is 10.6 Å². The molecule has 0 saturated heterocycles. The van der Waals surface area contributed by atoms with Crippen LogP contribution >= 0.6 is 11.3 Å². The van der Waals surface area contributed by atoms with Gasteiger partial charge in [-0.25, -0.2) is 14.7 Å². The second-order valence-corrected chi connectivity index (χ2v) is 6.95. The van der Waals surface area contributed by atoms with Crippen LogP contribution in [0.5, 0.6) is 0 Å². The van der Waals surface area contributed by atoms with Crippen molar-refractivity contribution in [3.8, 4) is 5.69 Å². The summed E-state index contributed by atoms with van der Waals surface area (Å²) in [4.78, 5) is 10.4. The van der Waals surface area contributed by atoms with E-state index in [2.05, 4.69) is 39.6 Å². The number of hydrogen-bond donors (Lipinski definition) is 2. The zero-order valence-electron chi connectivity index (χ0n) is 15.1. The molecule has 0 amide bonds. The van der Waals surface area contributed by atoms with Crippen molar-refractivity contribution in [2.75, 3.05) is 6.54 Å². The van der Waals surface area contributed by atoms with Gasteiger partial charge in [-0.1, -0.05) is 25.1 Å². The second-order valence-electron chi connectivity index (χ2n) is 5.75. The van der Waals surface area contributed by atoms with E-state index < -0.39 is 0 Å². The van der Waals surface area contributed by atoms with E-state index in [0.717, 1.165) is 35.2 Å². The molecule has 136 valence electrons. The summed E-state index contributed by atoms with van der Waals surface area (Å²) in [6.45, 7) is 6.27. The Labute approximate surface area is 158 Å². The van der Waals surface area contributed by atoms with Gasteiger partial charge >= 0.3 is 0 Å². The van der Waals surface area contributed by atoms with Crippen LogP contribution in [0.15, 0.2) is 53.9 Å². The van der Waals surface area contributed by atoms with Crippen LogP contribution in [0.3, 0.4) is 0 Å².